The highest BCUT2D eigenvalue weighted by atomic mass is 16.2. The SMILES string of the molecule is Cc1ccc(N(C)C)cc1NC(=O)NCc1cncn1CC(C)C. The molecule has 0 atom stereocenters. The van der Waals surface area contributed by atoms with Crippen molar-refractivity contribution in [2.45, 2.75) is 33.9 Å². The van der Waals surface area contributed by atoms with Gasteiger partial charge >= 0.3 is 6.03 Å². The summed E-state index contributed by atoms with van der Waals surface area (Å²) < 4.78 is 2.07. The lowest BCUT2D eigenvalue weighted by Gasteiger charge is -2.16. The van der Waals surface area contributed by atoms with E-state index in [0.717, 1.165) is 29.2 Å². The van der Waals surface area contributed by atoms with Gasteiger partial charge in [0.25, 0.3) is 0 Å². The number of amides is 2. The zero-order valence-corrected chi connectivity index (χ0v) is 15.1. The molecule has 130 valence electrons. The molecule has 1 aromatic carbocycles. The second-order valence-electron chi connectivity index (χ2n) is 6.63. The van der Waals surface area contributed by atoms with Crippen molar-refractivity contribution in [3.8, 4) is 0 Å². The van der Waals surface area contributed by atoms with Crippen LogP contribution in [-0.2, 0) is 13.1 Å². The molecule has 0 unspecified atom stereocenters. The molecule has 1 heterocycles. The lowest BCUT2D eigenvalue weighted by molar-refractivity contribution is 0.251. The Morgan fingerprint density at radius 1 is 1.33 bits per heavy atom. The van der Waals surface area contributed by atoms with Crippen molar-refractivity contribution < 1.29 is 4.79 Å². The maximum atomic E-state index is 12.2. The first-order valence-corrected chi connectivity index (χ1v) is 8.18. The Balaban J connectivity index is 1.97. The van der Waals surface area contributed by atoms with Gasteiger partial charge in [-0.25, -0.2) is 9.78 Å². The highest BCUT2D eigenvalue weighted by Crippen LogP contribution is 2.21. The number of carbonyl (C=O) groups is 1. The van der Waals surface area contributed by atoms with Crippen LogP contribution >= 0.6 is 0 Å². The van der Waals surface area contributed by atoms with Crippen LogP contribution in [0.5, 0.6) is 0 Å². The van der Waals surface area contributed by atoms with E-state index in [9.17, 15) is 4.79 Å². The number of anilines is 2. The maximum absolute atomic E-state index is 12.2. The van der Waals surface area contributed by atoms with Crippen LogP contribution < -0.4 is 15.5 Å². The van der Waals surface area contributed by atoms with Crippen LogP contribution in [0.4, 0.5) is 16.2 Å². The van der Waals surface area contributed by atoms with E-state index in [1.165, 1.54) is 0 Å². The summed E-state index contributed by atoms with van der Waals surface area (Å²) in [4.78, 5) is 18.4. The molecule has 0 saturated carbocycles. The van der Waals surface area contributed by atoms with Crippen LogP contribution in [0.1, 0.15) is 25.1 Å². The molecule has 1 aromatic heterocycles. The van der Waals surface area contributed by atoms with Gasteiger partial charge in [0.1, 0.15) is 0 Å². The molecule has 0 aliphatic carbocycles. The van der Waals surface area contributed by atoms with Gasteiger partial charge in [0.2, 0.25) is 0 Å². The van der Waals surface area contributed by atoms with E-state index in [1.54, 1.807) is 12.5 Å². The second kappa shape index (κ2) is 7.86. The van der Waals surface area contributed by atoms with E-state index in [0.29, 0.717) is 12.5 Å². The fourth-order valence-corrected chi connectivity index (χ4v) is 2.41. The van der Waals surface area contributed by atoms with Gasteiger partial charge in [0.15, 0.2) is 0 Å². The molecule has 6 nitrogen and oxygen atoms in total. The minimum Gasteiger partial charge on any atom is -0.378 e. The zero-order chi connectivity index (χ0) is 17.7. The molecule has 0 aliphatic rings. The topological polar surface area (TPSA) is 62.2 Å². The Kier molecular flexibility index (Phi) is 5.84. The third-order valence-corrected chi connectivity index (χ3v) is 3.78. The van der Waals surface area contributed by atoms with Crippen molar-refractivity contribution in [3.63, 3.8) is 0 Å². The summed E-state index contributed by atoms with van der Waals surface area (Å²) in [6.07, 6.45) is 3.60. The predicted octanol–water partition coefficient (Wildman–Crippen LogP) is 3.24. The first-order valence-electron chi connectivity index (χ1n) is 8.18. The summed E-state index contributed by atoms with van der Waals surface area (Å²) in [5.74, 6) is 0.531. The molecule has 0 aliphatic heterocycles. The maximum Gasteiger partial charge on any atom is 0.319 e. The quantitative estimate of drug-likeness (QED) is 0.855. The lowest BCUT2D eigenvalue weighted by atomic mass is 10.1. The monoisotopic (exact) mass is 329 g/mol. The van der Waals surface area contributed by atoms with Crippen LogP contribution in [-0.4, -0.2) is 29.7 Å². The van der Waals surface area contributed by atoms with Crippen LogP contribution in [0.2, 0.25) is 0 Å². The van der Waals surface area contributed by atoms with Gasteiger partial charge in [-0.15, -0.1) is 0 Å². The van der Waals surface area contributed by atoms with Crippen LogP contribution in [0.25, 0.3) is 0 Å². The fraction of sp³-hybridized carbons (Fsp3) is 0.444. The fourth-order valence-electron chi connectivity index (χ4n) is 2.41. The van der Waals surface area contributed by atoms with Crippen molar-refractivity contribution in [1.82, 2.24) is 14.9 Å². The Labute approximate surface area is 143 Å². The van der Waals surface area contributed by atoms with Gasteiger partial charge in [-0.05, 0) is 30.5 Å². The third-order valence-electron chi connectivity index (χ3n) is 3.78. The predicted molar refractivity (Wildman–Crippen MR) is 98.4 cm³/mol. The first kappa shape index (κ1) is 17.8. The van der Waals surface area contributed by atoms with Crippen molar-refractivity contribution in [2.24, 2.45) is 5.92 Å². The Hall–Kier alpha value is -2.50. The van der Waals surface area contributed by atoms with Gasteiger partial charge in [-0.2, -0.15) is 0 Å². The smallest absolute Gasteiger partial charge is 0.319 e. The highest BCUT2D eigenvalue weighted by molar-refractivity contribution is 5.90. The third kappa shape index (κ3) is 4.75. The van der Waals surface area contributed by atoms with Gasteiger partial charge in [0, 0.05) is 38.2 Å². The van der Waals surface area contributed by atoms with Crippen molar-refractivity contribution in [2.75, 3.05) is 24.3 Å². The number of hydrogen-bond donors (Lipinski definition) is 2. The first-order chi connectivity index (χ1) is 11.4. The molecule has 2 amide bonds. The number of benzene rings is 1. The van der Waals surface area contributed by atoms with E-state index >= 15 is 0 Å². The standard InChI is InChI=1S/C18H27N5O/c1-13(2)11-23-12-19-9-16(23)10-20-18(24)21-17-8-15(22(4)5)7-6-14(17)3/h6-9,12-13H,10-11H2,1-5H3,(H2,20,21,24). The number of aryl methyl sites for hydroxylation is 1. The minimum atomic E-state index is -0.216. The van der Waals surface area contributed by atoms with Crippen molar-refractivity contribution in [1.29, 1.82) is 0 Å². The summed E-state index contributed by atoms with van der Waals surface area (Å²) in [5.41, 5.74) is 3.89. The average Bonchev–Trinajstić information content (AvgIpc) is 2.93. The summed E-state index contributed by atoms with van der Waals surface area (Å²) in [6.45, 7) is 7.63. The van der Waals surface area contributed by atoms with E-state index in [2.05, 4.69) is 34.0 Å². The van der Waals surface area contributed by atoms with Crippen LogP contribution in [0, 0.1) is 12.8 Å². The number of hydrogen-bond acceptors (Lipinski definition) is 3. The molecular weight excluding hydrogens is 302 g/mol. The molecule has 0 radical (unpaired) electrons. The summed E-state index contributed by atoms with van der Waals surface area (Å²) in [5, 5.41) is 5.82. The van der Waals surface area contributed by atoms with Crippen molar-refractivity contribution >= 4 is 17.4 Å². The molecular formula is C18H27N5O. The van der Waals surface area contributed by atoms with Gasteiger partial charge in [-0.3, -0.25) is 0 Å². The van der Waals surface area contributed by atoms with Crippen molar-refractivity contribution in [3.05, 3.63) is 42.0 Å². The zero-order valence-electron chi connectivity index (χ0n) is 15.1. The molecule has 0 bridgehead atoms. The Morgan fingerprint density at radius 3 is 2.75 bits per heavy atom. The molecule has 6 heteroatoms. The minimum absolute atomic E-state index is 0.216. The number of rotatable bonds is 6. The molecule has 2 aromatic rings. The molecule has 2 N–H and O–H groups in total. The summed E-state index contributed by atoms with van der Waals surface area (Å²) >= 11 is 0. The normalized spacial score (nSPS) is 10.8. The molecule has 0 saturated heterocycles. The number of nitrogens with one attached hydrogen (secondary N) is 2. The van der Waals surface area contributed by atoms with E-state index in [1.807, 2.05) is 44.1 Å². The Morgan fingerprint density at radius 2 is 2.08 bits per heavy atom. The van der Waals surface area contributed by atoms with Gasteiger partial charge in [0.05, 0.1) is 18.6 Å². The largest absolute Gasteiger partial charge is 0.378 e. The Bertz CT molecular complexity index is 690. The highest BCUT2D eigenvalue weighted by Gasteiger charge is 2.09. The number of nitrogens with zero attached hydrogens (tertiary/aromatic N) is 3. The average molecular weight is 329 g/mol. The second-order valence-corrected chi connectivity index (χ2v) is 6.63. The summed E-state index contributed by atoms with van der Waals surface area (Å²) in [6, 6.07) is 5.79. The van der Waals surface area contributed by atoms with E-state index in [-0.39, 0.29) is 6.03 Å². The van der Waals surface area contributed by atoms with Crippen LogP contribution in [0.3, 0.4) is 0 Å². The van der Waals surface area contributed by atoms with Gasteiger partial charge in [-0.1, -0.05) is 19.9 Å². The summed E-state index contributed by atoms with van der Waals surface area (Å²) in [7, 11) is 3.95. The lowest BCUT2D eigenvalue weighted by Crippen LogP contribution is -2.29. The van der Waals surface area contributed by atoms with Gasteiger partial charge < -0.3 is 20.1 Å². The number of carbonyl (C=O) groups excluding carboxylic acids is 1. The number of imidazole rings is 1. The molecule has 0 fully saturated rings. The van der Waals surface area contributed by atoms with E-state index < -0.39 is 0 Å². The molecule has 24 heavy (non-hydrogen) atoms. The number of aromatic nitrogens is 2. The van der Waals surface area contributed by atoms with E-state index in [4.69, 9.17) is 0 Å². The van der Waals surface area contributed by atoms with Crippen LogP contribution in [0.15, 0.2) is 30.7 Å². The molecule has 0 spiro atoms. The molecule has 2 rings (SSSR count). The number of urea groups is 1.